The summed E-state index contributed by atoms with van der Waals surface area (Å²) in [6.45, 7) is 3.12. The molecule has 0 unspecified atom stereocenters. The molecule has 0 saturated carbocycles. The summed E-state index contributed by atoms with van der Waals surface area (Å²) in [6, 6.07) is 18.9. The summed E-state index contributed by atoms with van der Waals surface area (Å²) in [5, 5.41) is 1.10. The van der Waals surface area contributed by atoms with Crippen molar-refractivity contribution in [1.29, 1.82) is 0 Å². The molecule has 96 valence electrons. The van der Waals surface area contributed by atoms with E-state index in [1.54, 1.807) is 11.8 Å². The number of benzene rings is 2. The molecular weight excluding hydrogens is 252 g/mol. The Morgan fingerprint density at radius 2 is 1.74 bits per heavy atom. The number of fused-ring (bicyclic) bond motifs is 1. The van der Waals surface area contributed by atoms with E-state index >= 15 is 0 Å². The molecule has 0 atom stereocenters. The number of imidazole rings is 1. The molecule has 0 radical (unpaired) electrons. The zero-order chi connectivity index (χ0) is 13.1. The highest BCUT2D eigenvalue weighted by Crippen LogP contribution is 2.26. The second kappa shape index (κ2) is 5.49. The third-order valence-corrected chi connectivity index (χ3v) is 4.19. The molecule has 0 fully saturated rings. The van der Waals surface area contributed by atoms with Gasteiger partial charge in [-0.25, -0.2) is 4.98 Å². The molecule has 1 heterocycles. The van der Waals surface area contributed by atoms with E-state index in [4.69, 9.17) is 4.98 Å². The van der Waals surface area contributed by atoms with Gasteiger partial charge in [0.25, 0.3) is 0 Å². The van der Waals surface area contributed by atoms with Crippen LogP contribution in [0.1, 0.15) is 12.5 Å². The van der Waals surface area contributed by atoms with Crippen molar-refractivity contribution in [3.05, 3.63) is 60.2 Å². The fourth-order valence-corrected chi connectivity index (χ4v) is 3.23. The van der Waals surface area contributed by atoms with Gasteiger partial charge in [0.1, 0.15) is 0 Å². The number of aromatic nitrogens is 2. The Morgan fingerprint density at radius 1 is 1.00 bits per heavy atom. The average molecular weight is 268 g/mol. The topological polar surface area (TPSA) is 17.8 Å². The molecule has 1 aromatic heterocycles. The van der Waals surface area contributed by atoms with Gasteiger partial charge in [0.05, 0.1) is 11.0 Å². The molecule has 0 aliphatic rings. The minimum Gasteiger partial charge on any atom is -0.319 e. The maximum absolute atomic E-state index is 4.72. The number of thioether (sulfide) groups is 1. The fourth-order valence-electron chi connectivity index (χ4n) is 2.19. The van der Waals surface area contributed by atoms with Gasteiger partial charge in [0, 0.05) is 12.3 Å². The van der Waals surface area contributed by atoms with E-state index in [0.29, 0.717) is 0 Å². The van der Waals surface area contributed by atoms with Crippen molar-refractivity contribution < 1.29 is 0 Å². The van der Waals surface area contributed by atoms with E-state index in [1.165, 1.54) is 11.1 Å². The summed E-state index contributed by atoms with van der Waals surface area (Å²) in [5.74, 6) is 0.962. The van der Waals surface area contributed by atoms with Gasteiger partial charge in [0.15, 0.2) is 5.16 Å². The van der Waals surface area contributed by atoms with E-state index < -0.39 is 0 Å². The van der Waals surface area contributed by atoms with Gasteiger partial charge in [-0.2, -0.15) is 0 Å². The van der Waals surface area contributed by atoms with Crippen LogP contribution in [0.15, 0.2) is 59.8 Å². The average Bonchev–Trinajstić information content (AvgIpc) is 2.83. The molecule has 3 aromatic rings. The number of para-hydroxylation sites is 2. The highest BCUT2D eigenvalue weighted by atomic mass is 32.2. The van der Waals surface area contributed by atoms with Crippen molar-refractivity contribution in [3.63, 3.8) is 0 Å². The van der Waals surface area contributed by atoms with Crippen molar-refractivity contribution in [1.82, 2.24) is 9.55 Å². The lowest BCUT2D eigenvalue weighted by atomic mass is 10.2. The third kappa shape index (κ3) is 2.51. The SMILES string of the molecule is CCn1c(SCc2ccccc2)nc2ccccc21. The predicted molar refractivity (Wildman–Crippen MR) is 81.4 cm³/mol. The highest BCUT2D eigenvalue weighted by Gasteiger charge is 2.09. The number of nitrogens with zero attached hydrogens (tertiary/aromatic N) is 2. The van der Waals surface area contributed by atoms with Crippen molar-refractivity contribution in [3.8, 4) is 0 Å². The van der Waals surface area contributed by atoms with E-state index in [9.17, 15) is 0 Å². The fraction of sp³-hybridized carbons (Fsp3) is 0.188. The van der Waals surface area contributed by atoms with Crippen LogP contribution >= 0.6 is 11.8 Å². The maximum Gasteiger partial charge on any atom is 0.169 e. The van der Waals surface area contributed by atoms with Gasteiger partial charge < -0.3 is 4.57 Å². The normalized spacial score (nSPS) is 11.0. The maximum atomic E-state index is 4.72. The summed E-state index contributed by atoms with van der Waals surface area (Å²) in [6.07, 6.45) is 0. The smallest absolute Gasteiger partial charge is 0.169 e. The Kier molecular flexibility index (Phi) is 3.56. The van der Waals surface area contributed by atoms with E-state index in [-0.39, 0.29) is 0 Å². The molecule has 3 rings (SSSR count). The van der Waals surface area contributed by atoms with Crippen molar-refractivity contribution in [2.45, 2.75) is 24.4 Å². The molecule has 0 N–H and O–H groups in total. The minimum atomic E-state index is 0.956. The van der Waals surface area contributed by atoms with Crippen LogP contribution in [0, 0.1) is 0 Å². The van der Waals surface area contributed by atoms with Crippen molar-refractivity contribution >= 4 is 22.8 Å². The van der Waals surface area contributed by atoms with Crippen LogP contribution in [0.2, 0.25) is 0 Å². The number of hydrogen-bond donors (Lipinski definition) is 0. The molecule has 0 amide bonds. The molecular formula is C16H16N2S. The first-order valence-corrected chi connectivity index (χ1v) is 7.49. The highest BCUT2D eigenvalue weighted by molar-refractivity contribution is 7.98. The van der Waals surface area contributed by atoms with Crippen molar-refractivity contribution in [2.24, 2.45) is 0 Å². The van der Waals surface area contributed by atoms with Crippen LogP contribution < -0.4 is 0 Å². The molecule has 0 saturated heterocycles. The van der Waals surface area contributed by atoms with E-state index in [1.807, 2.05) is 6.07 Å². The summed E-state index contributed by atoms with van der Waals surface area (Å²) < 4.78 is 2.28. The van der Waals surface area contributed by atoms with Crippen LogP contribution in [0.3, 0.4) is 0 Å². The van der Waals surface area contributed by atoms with Gasteiger partial charge in [0.2, 0.25) is 0 Å². The largest absolute Gasteiger partial charge is 0.319 e. The Hall–Kier alpha value is -1.74. The van der Waals surface area contributed by atoms with Crippen LogP contribution in [-0.4, -0.2) is 9.55 Å². The van der Waals surface area contributed by atoms with Crippen LogP contribution in [-0.2, 0) is 12.3 Å². The molecule has 0 bridgehead atoms. The monoisotopic (exact) mass is 268 g/mol. The number of aryl methyl sites for hydroxylation is 1. The second-order valence-electron chi connectivity index (χ2n) is 4.40. The lowest BCUT2D eigenvalue weighted by Gasteiger charge is -2.05. The second-order valence-corrected chi connectivity index (χ2v) is 5.34. The van der Waals surface area contributed by atoms with Crippen LogP contribution in [0.25, 0.3) is 11.0 Å². The quantitative estimate of drug-likeness (QED) is 0.655. The van der Waals surface area contributed by atoms with E-state index in [2.05, 4.69) is 60.0 Å². The summed E-state index contributed by atoms with van der Waals surface area (Å²) in [5.41, 5.74) is 3.64. The Bertz CT molecular complexity index is 674. The minimum absolute atomic E-state index is 0.956. The lowest BCUT2D eigenvalue weighted by Crippen LogP contribution is -1.96. The van der Waals surface area contributed by atoms with Gasteiger partial charge >= 0.3 is 0 Å². The van der Waals surface area contributed by atoms with E-state index in [0.717, 1.165) is 23.0 Å². The molecule has 2 nitrogen and oxygen atoms in total. The first kappa shape index (κ1) is 12.3. The number of rotatable bonds is 4. The predicted octanol–water partition coefficient (Wildman–Crippen LogP) is 4.35. The van der Waals surface area contributed by atoms with Gasteiger partial charge in [-0.15, -0.1) is 0 Å². The molecule has 0 spiro atoms. The standard InChI is InChI=1S/C16H16N2S/c1-2-18-15-11-7-6-10-14(15)17-16(18)19-12-13-8-4-3-5-9-13/h3-11H,2,12H2,1H3. The zero-order valence-electron chi connectivity index (χ0n) is 10.9. The van der Waals surface area contributed by atoms with Gasteiger partial charge in [-0.3, -0.25) is 0 Å². The van der Waals surface area contributed by atoms with Crippen LogP contribution in [0.5, 0.6) is 0 Å². The molecule has 0 aliphatic heterocycles. The number of hydrogen-bond acceptors (Lipinski definition) is 2. The molecule has 19 heavy (non-hydrogen) atoms. The molecule has 0 aliphatic carbocycles. The van der Waals surface area contributed by atoms with Crippen molar-refractivity contribution in [2.75, 3.05) is 0 Å². The molecule has 2 aromatic carbocycles. The first-order chi connectivity index (χ1) is 9.38. The van der Waals surface area contributed by atoms with Gasteiger partial charge in [-0.1, -0.05) is 54.2 Å². The third-order valence-electron chi connectivity index (χ3n) is 3.15. The molecule has 3 heteroatoms. The Morgan fingerprint density at radius 3 is 2.53 bits per heavy atom. The summed E-state index contributed by atoms with van der Waals surface area (Å²) in [4.78, 5) is 4.72. The summed E-state index contributed by atoms with van der Waals surface area (Å²) >= 11 is 1.80. The van der Waals surface area contributed by atoms with Gasteiger partial charge in [-0.05, 0) is 24.6 Å². The first-order valence-electron chi connectivity index (χ1n) is 6.50. The zero-order valence-corrected chi connectivity index (χ0v) is 11.7. The van der Waals surface area contributed by atoms with Crippen LogP contribution in [0.4, 0.5) is 0 Å². The lowest BCUT2D eigenvalue weighted by molar-refractivity contribution is 0.702. The Balaban J connectivity index is 1.88. The summed E-state index contributed by atoms with van der Waals surface area (Å²) in [7, 11) is 0. The Labute approximate surface area is 117 Å².